The van der Waals surface area contributed by atoms with Crippen molar-refractivity contribution in [2.75, 3.05) is 17.8 Å². The Kier molecular flexibility index (Phi) is 9.82. The minimum Gasteiger partial charge on any atom is -0.444 e. The number of aliphatic hydroxyl groups is 1. The molecule has 0 radical (unpaired) electrons. The van der Waals surface area contributed by atoms with Gasteiger partial charge in [0.2, 0.25) is 5.89 Å². The van der Waals surface area contributed by atoms with Crippen molar-refractivity contribution in [3.8, 4) is 11.5 Å². The predicted octanol–water partition coefficient (Wildman–Crippen LogP) is 5.92. The lowest BCUT2D eigenvalue weighted by Gasteiger charge is -2.12. The van der Waals surface area contributed by atoms with Crippen LogP contribution in [-0.4, -0.2) is 36.6 Å². The highest BCUT2D eigenvalue weighted by atomic mass is 32.2. The van der Waals surface area contributed by atoms with Crippen LogP contribution >= 0.6 is 0 Å². The fraction of sp³-hybridized carbons (Fsp3) is 0.375. The molecule has 1 aliphatic carbocycles. The average Bonchev–Trinajstić information content (AvgIpc) is 3.69. The summed E-state index contributed by atoms with van der Waals surface area (Å²) in [6.07, 6.45) is 13.9. The van der Waals surface area contributed by atoms with Gasteiger partial charge in [0, 0.05) is 35.8 Å². The molecule has 5 rings (SSSR count). The number of rotatable bonds is 14. The zero-order valence-corrected chi connectivity index (χ0v) is 24.0. The number of aryl methyl sites for hydroxylation is 1. The number of aromatic nitrogens is 2. The van der Waals surface area contributed by atoms with E-state index in [0.717, 1.165) is 47.6 Å². The molecule has 3 N–H and O–H groups in total. The second-order valence-electron chi connectivity index (χ2n) is 10.8. The van der Waals surface area contributed by atoms with Crippen molar-refractivity contribution in [1.29, 1.82) is 0 Å². The lowest BCUT2D eigenvalue weighted by molar-refractivity contribution is 0.174. The molecule has 1 atom stereocenters. The number of sulfonamides is 1. The summed E-state index contributed by atoms with van der Waals surface area (Å²) >= 11 is 0. The van der Waals surface area contributed by atoms with Crippen molar-refractivity contribution in [2.45, 2.75) is 62.4 Å². The van der Waals surface area contributed by atoms with Crippen LogP contribution in [0.4, 0.5) is 5.69 Å². The number of nitrogens with zero attached hydrogens (tertiary/aromatic N) is 2. The van der Waals surface area contributed by atoms with Gasteiger partial charge in [-0.05, 0) is 79.8 Å². The minimum absolute atomic E-state index is 0.171. The Morgan fingerprint density at radius 3 is 2.51 bits per heavy atom. The normalized spacial score (nSPS) is 14.8. The third-order valence-corrected chi connectivity index (χ3v) is 9.08. The predicted molar refractivity (Wildman–Crippen MR) is 160 cm³/mol. The lowest BCUT2D eigenvalue weighted by atomic mass is 10.0. The zero-order valence-electron chi connectivity index (χ0n) is 23.2. The molecular weight excluding hydrogens is 536 g/mol. The van der Waals surface area contributed by atoms with E-state index in [1.54, 1.807) is 61.1 Å². The van der Waals surface area contributed by atoms with Gasteiger partial charge in [-0.3, -0.25) is 9.71 Å². The second-order valence-corrected chi connectivity index (χ2v) is 12.5. The van der Waals surface area contributed by atoms with Gasteiger partial charge in [-0.25, -0.2) is 13.4 Å². The highest BCUT2D eigenvalue weighted by Gasteiger charge is 2.17. The van der Waals surface area contributed by atoms with Crippen molar-refractivity contribution in [1.82, 2.24) is 15.3 Å². The maximum Gasteiger partial charge on any atom is 0.261 e. The Morgan fingerprint density at radius 2 is 1.78 bits per heavy atom. The topological polar surface area (TPSA) is 117 Å². The van der Waals surface area contributed by atoms with Gasteiger partial charge in [0.25, 0.3) is 10.0 Å². The van der Waals surface area contributed by atoms with Crippen molar-refractivity contribution in [3.63, 3.8) is 0 Å². The number of hydrogen-bond donors (Lipinski definition) is 3. The summed E-state index contributed by atoms with van der Waals surface area (Å²) in [5.41, 5.74) is 4.02. The Hall–Kier alpha value is -3.53. The summed E-state index contributed by atoms with van der Waals surface area (Å²) in [5.74, 6) is 1.38. The summed E-state index contributed by atoms with van der Waals surface area (Å²) in [5, 5.41) is 13.5. The first-order valence-electron chi connectivity index (χ1n) is 14.4. The van der Waals surface area contributed by atoms with Gasteiger partial charge in [-0.1, -0.05) is 50.3 Å². The average molecular weight is 575 g/mol. The number of pyridine rings is 1. The molecule has 216 valence electrons. The molecule has 8 nitrogen and oxygen atoms in total. The molecule has 2 aromatic carbocycles. The molecule has 1 fully saturated rings. The van der Waals surface area contributed by atoms with Gasteiger partial charge in [-0.2, -0.15) is 0 Å². The van der Waals surface area contributed by atoms with Crippen LogP contribution in [0.2, 0.25) is 0 Å². The molecule has 2 aromatic heterocycles. The molecule has 41 heavy (non-hydrogen) atoms. The van der Waals surface area contributed by atoms with E-state index in [1.807, 2.05) is 18.2 Å². The molecule has 1 saturated carbocycles. The van der Waals surface area contributed by atoms with E-state index in [-0.39, 0.29) is 4.90 Å². The Bertz CT molecular complexity index is 1470. The highest BCUT2D eigenvalue weighted by Crippen LogP contribution is 2.29. The molecule has 0 saturated heterocycles. The maximum atomic E-state index is 13.0. The van der Waals surface area contributed by atoms with Crippen LogP contribution in [0.1, 0.15) is 61.4 Å². The van der Waals surface area contributed by atoms with Crippen molar-refractivity contribution >= 4 is 15.7 Å². The molecule has 0 amide bonds. The fourth-order valence-electron chi connectivity index (χ4n) is 5.32. The van der Waals surface area contributed by atoms with Gasteiger partial charge in [0.05, 0.1) is 16.7 Å². The summed E-state index contributed by atoms with van der Waals surface area (Å²) in [4.78, 5) is 8.81. The van der Waals surface area contributed by atoms with Gasteiger partial charge < -0.3 is 14.8 Å². The van der Waals surface area contributed by atoms with Crippen LogP contribution < -0.4 is 10.0 Å². The fourth-order valence-corrected chi connectivity index (χ4v) is 6.38. The molecule has 1 unspecified atom stereocenters. The summed E-state index contributed by atoms with van der Waals surface area (Å²) in [6, 6.07) is 17.5. The van der Waals surface area contributed by atoms with Gasteiger partial charge in [-0.15, -0.1) is 0 Å². The third-order valence-electron chi connectivity index (χ3n) is 7.69. The van der Waals surface area contributed by atoms with Gasteiger partial charge in [0.15, 0.2) is 0 Å². The number of anilines is 1. The molecule has 1 aliphatic rings. The van der Waals surface area contributed by atoms with Crippen LogP contribution in [0.25, 0.3) is 11.5 Å². The first-order valence-corrected chi connectivity index (χ1v) is 15.9. The number of aliphatic hydroxyl groups excluding tert-OH is 1. The molecular formula is C32H38N4O4S. The van der Waals surface area contributed by atoms with Crippen molar-refractivity contribution in [3.05, 3.63) is 96.1 Å². The SMILES string of the molecule is O=S(=O)(Nc1ccc(CCNCC(O)c2cccnc2)cc1)c1ccc(-c2nc(CCCC3CCCC3)co2)cc1. The standard InChI is InChI=1S/C32H38N4O4S/c37-31(27-8-4-19-33-21-27)22-34-20-18-25-10-14-28(15-11-25)36-41(38,39)30-16-12-26(13-17-30)32-35-29(23-40-32)9-3-7-24-5-1-2-6-24/h4,8,10-17,19,21,23-24,31,34,36-37H,1-3,5-7,9,18,20,22H2. The van der Waals surface area contributed by atoms with Crippen molar-refractivity contribution < 1.29 is 17.9 Å². The van der Waals surface area contributed by atoms with Crippen LogP contribution in [-0.2, 0) is 22.9 Å². The number of benzene rings is 2. The zero-order chi connectivity index (χ0) is 28.5. The lowest BCUT2D eigenvalue weighted by Crippen LogP contribution is -2.23. The van der Waals surface area contributed by atoms with E-state index in [4.69, 9.17) is 4.42 Å². The summed E-state index contributed by atoms with van der Waals surface area (Å²) in [6.45, 7) is 1.11. The molecule has 0 aliphatic heterocycles. The Morgan fingerprint density at radius 1 is 1.00 bits per heavy atom. The van der Waals surface area contributed by atoms with Crippen molar-refractivity contribution in [2.24, 2.45) is 5.92 Å². The monoisotopic (exact) mass is 574 g/mol. The van der Waals surface area contributed by atoms with E-state index in [1.165, 1.54) is 32.1 Å². The summed E-state index contributed by atoms with van der Waals surface area (Å²) in [7, 11) is -3.74. The first kappa shape index (κ1) is 29.0. The Balaban J connectivity index is 1.08. The number of oxazole rings is 1. The van der Waals surface area contributed by atoms with Crippen LogP contribution in [0.5, 0.6) is 0 Å². The molecule has 2 heterocycles. The molecule has 0 spiro atoms. The van der Waals surface area contributed by atoms with E-state index < -0.39 is 16.1 Å². The van der Waals surface area contributed by atoms with E-state index in [0.29, 0.717) is 24.7 Å². The second kappa shape index (κ2) is 13.9. The largest absolute Gasteiger partial charge is 0.444 e. The molecule has 0 bridgehead atoms. The maximum absolute atomic E-state index is 13.0. The quantitative estimate of drug-likeness (QED) is 0.160. The first-order chi connectivity index (χ1) is 20.0. The highest BCUT2D eigenvalue weighted by molar-refractivity contribution is 7.92. The third kappa shape index (κ3) is 8.25. The summed E-state index contributed by atoms with van der Waals surface area (Å²) < 4.78 is 34.3. The molecule has 9 heteroatoms. The molecule has 4 aromatic rings. The number of hydrogen-bond acceptors (Lipinski definition) is 7. The number of nitrogens with one attached hydrogen (secondary N) is 2. The van der Waals surface area contributed by atoms with Gasteiger partial charge in [0.1, 0.15) is 6.26 Å². The smallest absolute Gasteiger partial charge is 0.261 e. The van der Waals surface area contributed by atoms with E-state index >= 15 is 0 Å². The van der Waals surface area contributed by atoms with Crippen LogP contribution in [0.15, 0.2) is 88.6 Å². The van der Waals surface area contributed by atoms with Crippen LogP contribution in [0, 0.1) is 5.92 Å². The van der Waals surface area contributed by atoms with E-state index in [9.17, 15) is 13.5 Å². The van der Waals surface area contributed by atoms with Gasteiger partial charge >= 0.3 is 0 Å². The Labute approximate surface area is 242 Å². The van der Waals surface area contributed by atoms with Crippen LogP contribution in [0.3, 0.4) is 0 Å². The van der Waals surface area contributed by atoms with E-state index in [2.05, 4.69) is 20.0 Å². The minimum atomic E-state index is -3.74.